The molecule has 2 nitrogen and oxygen atoms in total. The van der Waals surface area contributed by atoms with Gasteiger partial charge in [0.25, 0.3) is 0 Å². The van der Waals surface area contributed by atoms with E-state index in [0.717, 1.165) is 16.7 Å². The maximum atomic E-state index is 9.44. The maximum absolute atomic E-state index is 9.44. The Kier molecular flexibility index (Phi) is 4.14. The number of rotatable bonds is 3. The van der Waals surface area contributed by atoms with E-state index >= 15 is 0 Å². The predicted octanol–water partition coefficient (Wildman–Crippen LogP) is 4.58. The van der Waals surface area contributed by atoms with E-state index < -0.39 is 0 Å². The van der Waals surface area contributed by atoms with E-state index in [2.05, 4.69) is 20.8 Å². The Morgan fingerprint density at radius 3 is 1.40 bits per heavy atom. The van der Waals surface area contributed by atoms with Crippen molar-refractivity contribution in [1.29, 1.82) is 0 Å². The minimum absolute atomic E-state index is 0.265. The first-order valence-corrected chi connectivity index (χ1v) is 6.78. The van der Waals surface area contributed by atoms with Crippen molar-refractivity contribution in [3.63, 3.8) is 0 Å². The molecular weight excluding hydrogens is 248 g/mol. The molecular formula is C18H20O2. The van der Waals surface area contributed by atoms with Gasteiger partial charge in [-0.1, -0.05) is 43.7 Å². The topological polar surface area (TPSA) is 40.5 Å². The highest BCUT2D eigenvalue weighted by molar-refractivity contribution is 5.82. The van der Waals surface area contributed by atoms with Crippen molar-refractivity contribution < 1.29 is 10.2 Å². The van der Waals surface area contributed by atoms with Gasteiger partial charge in [0.15, 0.2) is 0 Å². The fourth-order valence-corrected chi connectivity index (χ4v) is 2.17. The molecule has 0 bridgehead atoms. The second-order valence-corrected chi connectivity index (χ2v) is 5.31. The van der Waals surface area contributed by atoms with Crippen LogP contribution in [0.5, 0.6) is 11.5 Å². The predicted molar refractivity (Wildman–Crippen MR) is 82.7 cm³/mol. The summed E-state index contributed by atoms with van der Waals surface area (Å²) in [6.45, 7) is 6.45. The van der Waals surface area contributed by atoms with Crippen LogP contribution < -0.4 is 0 Å². The zero-order valence-electron chi connectivity index (χ0n) is 12.1. The van der Waals surface area contributed by atoms with Gasteiger partial charge in [0.2, 0.25) is 0 Å². The summed E-state index contributed by atoms with van der Waals surface area (Å²) in [4.78, 5) is 0. The number of benzene rings is 2. The maximum Gasteiger partial charge on any atom is 0.115 e. The average molecular weight is 268 g/mol. The largest absolute Gasteiger partial charge is 0.508 e. The van der Waals surface area contributed by atoms with Crippen LogP contribution in [0.2, 0.25) is 0 Å². The molecule has 0 aromatic heterocycles. The van der Waals surface area contributed by atoms with Crippen LogP contribution in [-0.2, 0) is 0 Å². The van der Waals surface area contributed by atoms with E-state index in [1.807, 2.05) is 24.3 Å². The third-order valence-corrected chi connectivity index (χ3v) is 3.57. The standard InChI is InChI=1S/C18H20O2/c1-12(2)13(3)18(14-4-8-16(19)9-5-14)15-6-10-17(20)11-7-15/h4-12,19-20H,1-3H3. The third-order valence-electron chi connectivity index (χ3n) is 3.57. The number of hydrogen-bond donors (Lipinski definition) is 2. The number of allylic oxidation sites excluding steroid dienone is 1. The van der Waals surface area contributed by atoms with Crippen molar-refractivity contribution in [3.8, 4) is 11.5 Å². The molecule has 0 atom stereocenters. The molecule has 20 heavy (non-hydrogen) atoms. The van der Waals surface area contributed by atoms with Crippen LogP contribution in [0.3, 0.4) is 0 Å². The Morgan fingerprint density at radius 1 is 0.750 bits per heavy atom. The van der Waals surface area contributed by atoms with Gasteiger partial charge >= 0.3 is 0 Å². The highest BCUT2D eigenvalue weighted by Crippen LogP contribution is 2.31. The molecule has 0 spiro atoms. The first-order chi connectivity index (χ1) is 9.49. The first kappa shape index (κ1) is 14.2. The monoisotopic (exact) mass is 268 g/mol. The van der Waals surface area contributed by atoms with Crippen molar-refractivity contribution in [2.45, 2.75) is 20.8 Å². The number of phenols is 2. The van der Waals surface area contributed by atoms with Crippen molar-refractivity contribution >= 4 is 5.57 Å². The normalized spacial score (nSPS) is 10.6. The van der Waals surface area contributed by atoms with Crippen LogP contribution in [0.1, 0.15) is 31.9 Å². The molecule has 0 aliphatic rings. The molecule has 2 aromatic carbocycles. The van der Waals surface area contributed by atoms with E-state index in [-0.39, 0.29) is 11.5 Å². The van der Waals surface area contributed by atoms with Gasteiger partial charge in [-0.3, -0.25) is 0 Å². The van der Waals surface area contributed by atoms with E-state index in [4.69, 9.17) is 0 Å². The SMILES string of the molecule is CC(=C(c1ccc(O)cc1)c1ccc(O)cc1)C(C)C. The number of phenolic OH excluding ortho intramolecular Hbond substituents is 2. The van der Waals surface area contributed by atoms with Gasteiger partial charge in [0.05, 0.1) is 0 Å². The van der Waals surface area contributed by atoms with Gasteiger partial charge in [-0.05, 0) is 53.8 Å². The van der Waals surface area contributed by atoms with E-state index in [9.17, 15) is 10.2 Å². The van der Waals surface area contributed by atoms with Crippen molar-refractivity contribution in [2.24, 2.45) is 5.92 Å². The zero-order chi connectivity index (χ0) is 14.7. The van der Waals surface area contributed by atoms with Crippen molar-refractivity contribution in [1.82, 2.24) is 0 Å². The number of aromatic hydroxyl groups is 2. The Balaban J connectivity index is 2.59. The van der Waals surface area contributed by atoms with Gasteiger partial charge < -0.3 is 10.2 Å². The smallest absolute Gasteiger partial charge is 0.115 e. The fraction of sp³-hybridized carbons (Fsp3) is 0.222. The summed E-state index contributed by atoms with van der Waals surface area (Å²) in [6, 6.07) is 14.5. The molecule has 2 aromatic rings. The van der Waals surface area contributed by atoms with Crippen LogP contribution in [0.4, 0.5) is 0 Å². The Hall–Kier alpha value is -2.22. The van der Waals surface area contributed by atoms with Gasteiger partial charge in [0, 0.05) is 0 Å². The molecule has 0 saturated heterocycles. The molecule has 104 valence electrons. The first-order valence-electron chi connectivity index (χ1n) is 6.78. The quantitative estimate of drug-likeness (QED) is 0.855. The summed E-state index contributed by atoms with van der Waals surface area (Å²) < 4.78 is 0. The van der Waals surface area contributed by atoms with E-state index in [1.54, 1.807) is 24.3 Å². The van der Waals surface area contributed by atoms with Crippen LogP contribution in [0, 0.1) is 5.92 Å². The summed E-state index contributed by atoms with van der Waals surface area (Å²) in [5.41, 5.74) is 4.57. The number of hydrogen-bond acceptors (Lipinski definition) is 2. The van der Waals surface area contributed by atoms with Crippen molar-refractivity contribution in [2.75, 3.05) is 0 Å². The lowest BCUT2D eigenvalue weighted by Gasteiger charge is -2.16. The van der Waals surface area contributed by atoms with Crippen molar-refractivity contribution in [3.05, 3.63) is 65.2 Å². The second kappa shape index (κ2) is 5.83. The summed E-state index contributed by atoms with van der Waals surface area (Å²) >= 11 is 0. The van der Waals surface area contributed by atoms with Crippen LogP contribution in [0.15, 0.2) is 54.1 Å². The minimum Gasteiger partial charge on any atom is -0.508 e. The summed E-state index contributed by atoms with van der Waals surface area (Å²) in [5.74, 6) is 0.953. The molecule has 0 unspecified atom stereocenters. The van der Waals surface area contributed by atoms with Gasteiger partial charge in [-0.15, -0.1) is 0 Å². The molecule has 0 radical (unpaired) electrons. The van der Waals surface area contributed by atoms with Gasteiger partial charge in [0.1, 0.15) is 11.5 Å². The highest BCUT2D eigenvalue weighted by Gasteiger charge is 2.11. The second-order valence-electron chi connectivity index (χ2n) is 5.31. The summed E-state index contributed by atoms with van der Waals surface area (Å²) in [5, 5.41) is 18.9. The molecule has 0 aliphatic heterocycles. The average Bonchev–Trinajstić information content (AvgIpc) is 2.43. The molecule has 0 fully saturated rings. The van der Waals surface area contributed by atoms with Crippen LogP contribution >= 0.6 is 0 Å². The zero-order valence-corrected chi connectivity index (χ0v) is 12.1. The molecule has 0 aliphatic carbocycles. The molecule has 0 amide bonds. The summed E-state index contributed by atoms with van der Waals surface area (Å²) in [7, 11) is 0. The Morgan fingerprint density at radius 2 is 1.10 bits per heavy atom. The molecule has 2 N–H and O–H groups in total. The third kappa shape index (κ3) is 3.02. The highest BCUT2D eigenvalue weighted by atomic mass is 16.3. The lowest BCUT2D eigenvalue weighted by Crippen LogP contribution is -1.98. The molecule has 2 heteroatoms. The van der Waals surface area contributed by atoms with E-state index in [1.165, 1.54) is 5.57 Å². The molecule has 2 rings (SSSR count). The molecule has 0 heterocycles. The molecule has 0 saturated carbocycles. The lowest BCUT2D eigenvalue weighted by atomic mass is 9.89. The van der Waals surface area contributed by atoms with E-state index in [0.29, 0.717) is 5.92 Å². The van der Waals surface area contributed by atoms with Crippen LogP contribution in [0.25, 0.3) is 5.57 Å². The minimum atomic E-state index is 0.265. The van der Waals surface area contributed by atoms with Gasteiger partial charge in [-0.2, -0.15) is 0 Å². The van der Waals surface area contributed by atoms with Crippen LogP contribution in [-0.4, -0.2) is 10.2 Å². The Bertz CT molecular complexity index is 557. The summed E-state index contributed by atoms with van der Waals surface area (Å²) in [6.07, 6.45) is 0. The Labute approximate surface area is 120 Å². The van der Waals surface area contributed by atoms with Gasteiger partial charge in [-0.25, -0.2) is 0 Å². The lowest BCUT2D eigenvalue weighted by molar-refractivity contribution is 0.475. The fourth-order valence-electron chi connectivity index (χ4n) is 2.17.